The molecular formula is C12H13N3. The SMILES string of the molecule is CC(C)(C)c1cc2cc[nH]c2nc1C#N. The zero-order valence-electron chi connectivity index (χ0n) is 9.13. The number of nitrogens with one attached hydrogen (secondary N) is 1. The molecule has 15 heavy (non-hydrogen) atoms. The van der Waals surface area contributed by atoms with Gasteiger partial charge in [-0.2, -0.15) is 5.26 Å². The molecule has 3 heteroatoms. The lowest BCUT2D eigenvalue weighted by molar-refractivity contribution is 0.586. The molecule has 76 valence electrons. The molecule has 0 saturated carbocycles. The summed E-state index contributed by atoms with van der Waals surface area (Å²) in [6.45, 7) is 6.26. The van der Waals surface area contributed by atoms with Crippen LogP contribution in [0.1, 0.15) is 32.0 Å². The minimum absolute atomic E-state index is 0.0521. The van der Waals surface area contributed by atoms with Crippen molar-refractivity contribution in [3.05, 3.63) is 29.6 Å². The summed E-state index contributed by atoms with van der Waals surface area (Å²) in [5.74, 6) is 0. The minimum atomic E-state index is -0.0521. The van der Waals surface area contributed by atoms with Crippen LogP contribution in [0.4, 0.5) is 0 Å². The van der Waals surface area contributed by atoms with Crippen LogP contribution in [0, 0.1) is 11.3 Å². The first kappa shape index (κ1) is 9.72. The largest absolute Gasteiger partial charge is 0.346 e. The molecule has 3 nitrogen and oxygen atoms in total. The number of rotatable bonds is 0. The van der Waals surface area contributed by atoms with Gasteiger partial charge in [0.2, 0.25) is 0 Å². The quantitative estimate of drug-likeness (QED) is 0.709. The topological polar surface area (TPSA) is 52.5 Å². The highest BCUT2D eigenvalue weighted by Gasteiger charge is 2.19. The number of nitriles is 1. The average molecular weight is 199 g/mol. The smallest absolute Gasteiger partial charge is 0.146 e. The number of aromatic amines is 1. The van der Waals surface area contributed by atoms with Crippen molar-refractivity contribution in [3.8, 4) is 6.07 Å². The van der Waals surface area contributed by atoms with Crippen LogP contribution in [0.3, 0.4) is 0 Å². The van der Waals surface area contributed by atoms with Crippen molar-refractivity contribution >= 4 is 11.0 Å². The molecule has 0 radical (unpaired) electrons. The first-order valence-electron chi connectivity index (χ1n) is 4.91. The molecule has 2 rings (SSSR count). The molecule has 0 bridgehead atoms. The standard InChI is InChI=1S/C12H13N3/c1-12(2,3)9-6-8-4-5-14-11(8)15-10(9)7-13/h4-6H,1-3H3,(H,14,15). The second kappa shape index (κ2) is 3.09. The molecule has 1 N–H and O–H groups in total. The van der Waals surface area contributed by atoms with Crippen LogP contribution in [-0.4, -0.2) is 9.97 Å². The summed E-state index contributed by atoms with van der Waals surface area (Å²) in [6.07, 6.45) is 1.84. The summed E-state index contributed by atoms with van der Waals surface area (Å²) in [4.78, 5) is 7.31. The number of nitrogens with zero attached hydrogens (tertiary/aromatic N) is 2. The Morgan fingerprint density at radius 3 is 2.73 bits per heavy atom. The number of aromatic nitrogens is 2. The number of fused-ring (bicyclic) bond motifs is 1. The predicted octanol–water partition coefficient (Wildman–Crippen LogP) is 2.73. The second-order valence-corrected chi connectivity index (χ2v) is 4.66. The molecule has 0 aliphatic rings. The van der Waals surface area contributed by atoms with Crippen LogP contribution >= 0.6 is 0 Å². The molecule has 0 fully saturated rings. The Hall–Kier alpha value is -1.82. The second-order valence-electron chi connectivity index (χ2n) is 4.66. The highest BCUT2D eigenvalue weighted by Crippen LogP contribution is 2.27. The zero-order chi connectivity index (χ0) is 11.1. The van der Waals surface area contributed by atoms with Gasteiger partial charge in [-0.25, -0.2) is 4.98 Å². The van der Waals surface area contributed by atoms with Gasteiger partial charge in [0.05, 0.1) is 0 Å². The summed E-state index contributed by atoms with van der Waals surface area (Å²) in [6, 6.07) is 6.16. The van der Waals surface area contributed by atoms with Crippen molar-refractivity contribution in [2.45, 2.75) is 26.2 Å². The van der Waals surface area contributed by atoms with Crippen molar-refractivity contribution in [1.29, 1.82) is 5.26 Å². The molecule has 0 saturated heterocycles. The van der Waals surface area contributed by atoms with E-state index in [1.807, 2.05) is 18.3 Å². The van der Waals surface area contributed by atoms with E-state index in [0.29, 0.717) is 5.69 Å². The summed E-state index contributed by atoms with van der Waals surface area (Å²) < 4.78 is 0. The maximum atomic E-state index is 9.05. The van der Waals surface area contributed by atoms with Gasteiger partial charge in [0.25, 0.3) is 0 Å². The van der Waals surface area contributed by atoms with Crippen molar-refractivity contribution in [3.63, 3.8) is 0 Å². The fourth-order valence-corrected chi connectivity index (χ4v) is 1.64. The van der Waals surface area contributed by atoms with E-state index in [-0.39, 0.29) is 5.41 Å². The van der Waals surface area contributed by atoms with Gasteiger partial charge in [-0.1, -0.05) is 20.8 Å². The van der Waals surface area contributed by atoms with Crippen LogP contribution in [-0.2, 0) is 5.41 Å². The maximum absolute atomic E-state index is 9.05. The minimum Gasteiger partial charge on any atom is -0.346 e. The molecule has 0 spiro atoms. The molecule has 0 aliphatic heterocycles. The Kier molecular flexibility index (Phi) is 2.01. The van der Waals surface area contributed by atoms with E-state index in [1.54, 1.807) is 0 Å². The Bertz CT molecular complexity index is 538. The van der Waals surface area contributed by atoms with Crippen LogP contribution < -0.4 is 0 Å². The van der Waals surface area contributed by atoms with E-state index in [1.165, 1.54) is 0 Å². The first-order valence-corrected chi connectivity index (χ1v) is 4.91. The normalized spacial score (nSPS) is 11.6. The van der Waals surface area contributed by atoms with Gasteiger partial charge in [-0.15, -0.1) is 0 Å². The number of H-pyrrole nitrogens is 1. The molecule has 0 unspecified atom stereocenters. The lowest BCUT2D eigenvalue weighted by Gasteiger charge is -2.19. The molecule has 2 aromatic rings. The fourth-order valence-electron chi connectivity index (χ4n) is 1.64. The van der Waals surface area contributed by atoms with Crippen molar-refractivity contribution in [2.24, 2.45) is 0 Å². The van der Waals surface area contributed by atoms with E-state index >= 15 is 0 Å². The van der Waals surface area contributed by atoms with Crippen LogP contribution in [0.15, 0.2) is 18.3 Å². The van der Waals surface area contributed by atoms with E-state index in [2.05, 4.69) is 36.8 Å². The third-order valence-corrected chi connectivity index (χ3v) is 2.45. The summed E-state index contributed by atoms with van der Waals surface area (Å²) in [5.41, 5.74) is 2.23. The number of pyridine rings is 1. The van der Waals surface area contributed by atoms with Gasteiger partial charge in [0, 0.05) is 11.6 Å². The van der Waals surface area contributed by atoms with Crippen molar-refractivity contribution in [2.75, 3.05) is 0 Å². The lowest BCUT2D eigenvalue weighted by atomic mass is 9.85. The van der Waals surface area contributed by atoms with E-state index in [4.69, 9.17) is 5.26 Å². The summed E-state index contributed by atoms with van der Waals surface area (Å²) in [7, 11) is 0. The van der Waals surface area contributed by atoms with Crippen LogP contribution in [0.2, 0.25) is 0 Å². The lowest BCUT2D eigenvalue weighted by Crippen LogP contribution is -2.14. The van der Waals surface area contributed by atoms with Gasteiger partial charge < -0.3 is 4.98 Å². The van der Waals surface area contributed by atoms with Gasteiger partial charge in [0.1, 0.15) is 17.4 Å². The molecule has 0 amide bonds. The summed E-state index contributed by atoms with van der Waals surface area (Å²) in [5, 5.41) is 10.1. The Morgan fingerprint density at radius 2 is 2.13 bits per heavy atom. The molecule has 0 atom stereocenters. The van der Waals surface area contributed by atoms with Gasteiger partial charge in [-0.05, 0) is 23.1 Å². The average Bonchev–Trinajstić information content (AvgIpc) is 2.60. The Balaban J connectivity index is 2.77. The third-order valence-electron chi connectivity index (χ3n) is 2.45. The number of hydrogen-bond donors (Lipinski definition) is 1. The van der Waals surface area contributed by atoms with E-state index in [9.17, 15) is 0 Å². The monoisotopic (exact) mass is 199 g/mol. The van der Waals surface area contributed by atoms with Gasteiger partial charge in [0.15, 0.2) is 0 Å². The van der Waals surface area contributed by atoms with Gasteiger partial charge in [-0.3, -0.25) is 0 Å². The third kappa shape index (κ3) is 1.59. The fraction of sp³-hybridized carbons (Fsp3) is 0.333. The maximum Gasteiger partial charge on any atom is 0.146 e. The van der Waals surface area contributed by atoms with Crippen LogP contribution in [0.5, 0.6) is 0 Å². The first-order chi connectivity index (χ1) is 7.02. The summed E-state index contributed by atoms with van der Waals surface area (Å²) >= 11 is 0. The highest BCUT2D eigenvalue weighted by molar-refractivity contribution is 5.77. The highest BCUT2D eigenvalue weighted by atomic mass is 14.9. The molecule has 2 heterocycles. The van der Waals surface area contributed by atoms with E-state index in [0.717, 1.165) is 16.6 Å². The molecular weight excluding hydrogens is 186 g/mol. The van der Waals surface area contributed by atoms with Crippen molar-refractivity contribution in [1.82, 2.24) is 9.97 Å². The Morgan fingerprint density at radius 1 is 1.40 bits per heavy atom. The van der Waals surface area contributed by atoms with Crippen LogP contribution in [0.25, 0.3) is 11.0 Å². The molecule has 0 aromatic carbocycles. The zero-order valence-corrected chi connectivity index (χ0v) is 9.13. The Labute approximate surface area is 88.8 Å². The molecule has 2 aromatic heterocycles. The van der Waals surface area contributed by atoms with Crippen molar-refractivity contribution < 1.29 is 0 Å². The van der Waals surface area contributed by atoms with Gasteiger partial charge >= 0.3 is 0 Å². The van der Waals surface area contributed by atoms with E-state index < -0.39 is 0 Å². The molecule has 0 aliphatic carbocycles. The predicted molar refractivity (Wildman–Crippen MR) is 59.5 cm³/mol. The number of hydrogen-bond acceptors (Lipinski definition) is 2.